The fourth-order valence-corrected chi connectivity index (χ4v) is 4.16. The summed E-state index contributed by atoms with van der Waals surface area (Å²) < 4.78 is 15.5. The quantitative estimate of drug-likeness (QED) is 0.708. The Morgan fingerprint density at radius 2 is 1.92 bits per heavy atom. The van der Waals surface area contributed by atoms with Crippen molar-refractivity contribution in [2.45, 2.75) is 11.8 Å². The summed E-state index contributed by atoms with van der Waals surface area (Å²) in [6, 6.07) is 14.2. The molecule has 0 bridgehead atoms. The number of halogens is 1. The maximum absolute atomic E-state index is 13.5. The van der Waals surface area contributed by atoms with Crippen LogP contribution in [-0.2, 0) is 11.3 Å². The van der Waals surface area contributed by atoms with Gasteiger partial charge in [-0.1, -0.05) is 30.3 Å². The van der Waals surface area contributed by atoms with Crippen molar-refractivity contribution in [1.82, 2.24) is 9.47 Å². The molecule has 1 saturated heterocycles. The van der Waals surface area contributed by atoms with Gasteiger partial charge in [-0.15, -0.1) is 0 Å². The molecule has 126 valence electrons. The zero-order valence-corrected chi connectivity index (χ0v) is 14.3. The Morgan fingerprint density at radius 3 is 2.64 bits per heavy atom. The lowest BCUT2D eigenvalue weighted by Gasteiger charge is -2.06. The largest absolute Gasteiger partial charge is 0.343 e. The summed E-state index contributed by atoms with van der Waals surface area (Å²) in [5.74, 6) is -0.480. The number of carbonyl (C=O) groups excluding carboxylic acids is 2. The van der Waals surface area contributed by atoms with Crippen LogP contribution in [0.25, 0.3) is 10.9 Å². The summed E-state index contributed by atoms with van der Waals surface area (Å²) in [6.07, 6.45) is 1.90. The highest BCUT2D eigenvalue weighted by Gasteiger charge is 2.39. The second-order valence-corrected chi connectivity index (χ2v) is 7.08. The van der Waals surface area contributed by atoms with E-state index in [0.717, 1.165) is 38.7 Å². The molecule has 4 rings (SSSR count). The van der Waals surface area contributed by atoms with Gasteiger partial charge >= 0.3 is 0 Å². The highest BCUT2D eigenvalue weighted by Crippen LogP contribution is 2.42. The van der Waals surface area contributed by atoms with Crippen LogP contribution >= 0.6 is 11.8 Å². The molecule has 1 unspecified atom stereocenters. The summed E-state index contributed by atoms with van der Waals surface area (Å²) in [5.41, 5.74) is 2.61. The molecular formula is C19H15FN2O2S. The van der Waals surface area contributed by atoms with Crippen LogP contribution in [-0.4, -0.2) is 27.7 Å². The first-order chi connectivity index (χ1) is 12.0. The molecule has 1 aliphatic heterocycles. The molecule has 0 N–H and O–H groups in total. The molecule has 0 radical (unpaired) electrons. The molecule has 0 aliphatic carbocycles. The lowest BCUT2D eigenvalue weighted by atomic mass is 10.1. The molecule has 1 aromatic heterocycles. The van der Waals surface area contributed by atoms with E-state index in [0.29, 0.717) is 6.54 Å². The van der Waals surface area contributed by atoms with E-state index in [9.17, 15) is 14.0 Å². The second kappa shape index (κ2) is 6.04. The SMILES string of the molecule is CN1C(=O)SC(c2cn(Cc3cccc(F)c3)c3ccccc23)C1=O. The molecule has 0 saturated carbocycles. The van der Waals surface area contributed by atoms with Crippen LogP contribution in [0.3, 0.4) is 0 Å². The summed E-state index contributed by atoms with van der Waals surface area (Å²) in [4.78, 5) is 25.4. The molecule has 3 aromatic rings. The highest BCUT2D eigenvalue weighted by molar-refractivity contribution is 8.15. The number of thioether (sulfide) groups is 1. The van der Waals surface area contributed by atoms with Crippen LogP contribution in [0.2, 0.25) is 0 Å². The summed E-state index contributed by atoms with van der Waals surface area (Å²) in [6.45, 7) is 0.494. The topological polar surface area (TPSA) is 42.3 Å². The average Bonchev–Trinajstić information content (AvgIpc) is 3.08. The maximum Gasteiger partial charge on any atom is 0.289 e. The molecule has 0 spiro atoms. The second-order valence-electron chi connectivity index (χ2n) is 6.02. The van der Waals surface area contributed by atoms with Gasteiger partial charge in [0, 0.05) is 36.3 Å². The molecule has 1 aliphatic rings. The van der Waals surface area contributed by atoms with Crippen molar-refractivity contribution in [2.24, 2.45) is 0 Å². The Morgan fingerprint density at radius 1 is 1.12 bits per heavy atom. The Bertz CT molecular complexity index is 998. The third-order valence-electron chi connectivity index (χ3n) is 4.39. The van der Waals surface area contributed by atoms with E-state index in [-0.39, 0.29) is 17.0 Å². The van der Waals surface area contributed by atoms with Gasteiger partial charge in [-0.05, 0) is 35.5 Å². The van der Waals surface area contributed by atoms with E-state index in [4.69, 9.17) is 0 Å². The zero-order valence-electron chi connectivity index (χ0n) is 13.5. The Hall–Kier alpha value is -2.60. The number of para-hydroxylation sites is 1. The molecule has 6 heteroatoms. The van der Waals surface area contributed by atoms with Crippen LogP contribution < -0.4 is 0 Å². The maximum atomic E-state index is 13.5. The van der Waals surface area contributed by atoms with Crippen LogP contribution in [0.4, 0.5) is 9.18 Å². The molecular weight excluding hydrogens is 339 g/mol. The number of amides is 2. The van der Waals surface area contributed by atoms with Gasteiger partial charge in [0.1, 0.15) is 11.1 Å². The predicted octanol–water partition coefficient (Wildman–Crippen LogP) is 4.20. The zero-order chi connectivity index (χ0) is 17.6. The number of hydrogen-bond donors (Lipinski definition) is 0. The van der Waals surface area contributed by atoms with E-state index >= 15 is 0 Å². The van der Waals surface area contributed by atoms with Crippen molar-refractivity contribution >= 4 is 33.8 Å². The number of imide groups is 1. The monoisotopic (exact) mass is 354 g/mol. The Kier molecular flexibility index (Phi) is 3.84. The summed E-state index contributed by atoms with van der Waals surface area (Å²) >= 11 is 1.04. The number of fused-ring (bicyclic) bond motifs is 1. The normalized spacial score (nSPS) is 17.7. The number of hydrogen-bond acceptors (Lipinski definition) is 3. The van der Waals surface area contributed by atoms with Gasteiger partial charge in [0.15, 0.2) is 0 Å². The molecule has 2 aromatic carbocycles. The first-order valence-electron chi connectivity index (χ1n) is 7.85. The molecule has 2 heterocycles. The number of aromatic nitrogens is 1. The standard InChI is InChI=1S/C19H15FN2O2S/c1-21-18(23)17(25-19(21)24)15-11-22(16-8-3-2-7-14(15)16)10-12-5-4-6-13(20)9-12/h2-9,11,17H,10H2,1H3. The van der Waals surface area contributed by atoms with Crippen molar-refractivity contribution in [3.05, 3.63) is 71.7 Å². The van der Waals surface area contributed by atoms with Gasteiger partial charge in [0.2, 0.25) is 5.91 Å². The minimum absolute atomic E-state index is 0.205. The number of likely N-dealkylation sites (N-methyl/N-ethyl adjacent to an activating group) is 1. The smallest absolute Gasteiger partial charge is 0.289 e. The van der Waals surface area contributed by atoms with Gasteiger partial charge < -0.3 is 4.57 Å². The van der Waals surface area contributed by atoms with Gasteiger partial charge in [0.05, 0.1) is 0 Å². The van der Waals surface area contributed by atoms with E-state index < -0.39 is 5.25 Å². The Balaban J connectivity index is 1.79. The molecule has 1 atom stereocenters. The summed E-state index contributed by atoms with van der Waals surface area (Å²) in [5, 5.41) is 0.168. The van der Waals surface area contributed by atoms with Crippen LogP contribution in [0.1, 0.15) is 16.4 Å². The van der Waals surface area contributed by atoms with Crippen molar-refractivity contribution < 1.29 is 14.0 Å². The van der Waals surface area contributed by atoms with Crippen LogP contribution in [0.5, 0.6) is 0 Å². The predicted molar refractivity (Wildman–Crippen MR) is 95.9 cm³/mol. The number of nitrogens with zero attached hydrogens (tertiary/aromatic N) is 2. The fraction of sp³-hybridized carbons (Fsp3) is 0.158. The number of carbonyl (C=O) groups is 2. The number of rotatable bonds is 3. The first-order valence-corrected chi connectivity index (χ1v) is 8.73. The fourth-order valence-electron chi connectivity index (χ4n) is 3.14. The first kappa shape index (κ1) is 15.9. The van der Waals surface area contributed by atoms with Crippen molar-refractivity contribution in [3.8, 4) is 0 Å². The average molecular weight is 354 g/mol. The third-order valence-corrected chi connectivity index (χ3v) is 5.56. The molecule has 1 fully saturated rings. The van der Waals surface area contributed by atoms with Crippen molar-refractivity contribution in [3.63, 3.8) is 0 Å². The summed E-state index contributed by atoms with van der Waals surface area (Å²) in [7, 11) is 1.50. The van der Waals surface area contributed by atoms with E-state index in [2.05, 4.69) is 0 Å². The van der Waals surface area contributed by atoms with Crippen LogP contribution in [0, 0.1) is 5.82 Å². The van der Waals surface area contributed by atoms with Gasteiger partial charge in [-0.25, -0.2) is 4.39 Å². The van der Waals surface area contributed by atoms with E-state index in [1.165, 1.54) is 19.2 Å². The van der Waals surface area contributed by atoms with Crippen molar-refractivity contribution in [1.29, 1.82) is 0 Å². The number of benzene rings is 2. The van der Waals surface area contributed by atoms with Gasteiger partial charge in [0.25, 0.3) is 5.24 Å². The van der Waals surface area contributed by atoms with E-state index in [1.807, 2.05) is 41.1 Å². The van der Waals surface area contributed by atoms with Crippen LogP contribution in [0.15, 0.2) is 54.7 Å². The lowest BCUT2D eigenvalue weighted by molar-refractivity contribution is -0.125. The minimum atomic E-state index is -0.531. The minimum Gasteiger partial charge on any atom is -0.343 e. The lowest BCUT2D eigenvalue weighted by Crippen LogP contribution is -2.24. The van der Waals surface area contributed by atoms with Gasteiger partial charge in [-0.2, -0.15) is 0 Å². The van der Waals surface area contributed by atoms with Crippen molar-refractivity contribution in [2.75, 3.05) is 7.05 Å². The highest BCUT2D eigenvalue weighted by atomic mass is 32.2. The molecule has 4 nitrogen and oxygen atoms in total. The third kappa shape index (κ3) is 2.72. The molecule has 25 heavy (non-hydrogen) atoms. The Labute approximate surface area is 148 Å². The molecule has 2 amide bonds. The van der Waals surface area contributed by atoms with E-state index in [1.54, 1.807) is 6.07 Å². The van der Waals surface area contributed by atoms with Gasteiger partial charge in [-0.3, -0.25) is 14.5 Å².